The molecule has 0 atom stereocenters. The quantitative estimate of drug-likeness (QED) is 0.493. The minimum absolute atomic E-state index is 0.0359. The van der Waals surface area contributed by atoms with Crippen LogP contribution < -0.4 is 5.32 Å². The second kappa shape index (κ2) is 9.05. The molecule has 0 aliphatic rings. The largest absolute Gasteiger partial charge is 0.464 e. The number of methoxy groups -OCH3 is 1. The summed E-state index contributed by atoms with van der Waals surface area (Å²) in [5.41, 5.74) is 1.35. The van der Waals surface area contributed by atoms with Gasteiger partial charge in [-0.25, -0.2) is 9.59 Å². The maximum Gasteiger partial charge on any atom is 0.419 e. The van der Waals surface area contributed by atoms with Gasteiger partial charge < -0.3 is 14.8 Å². The predicted octanol–water partition coefficient (Wildman–Crippen LogP) is 3.89. The first-order valence-electron chi connectivity index (χ1n) is 9.96. The van der Waals surface area contributed by atoms with Gasteiger partial charge in [0.25, 0.3) is 0 Å². The summed E-state index contributed by atoms with van der Waals surface area (Å²) < 4.78 is 11.8. The van der Waals surface area contributed by atoms with Crippen molar-refractivity contribution in [2.24, 2.45) is 0 Å². The smallest absolute Gasteiger partial charge is 0.419 e. The summed E-state index contributed by atoms with van der Waals surface area (Å²) in [5, 5.41) is 3.24. The fourth-order valence-electron chi connectivity index (χ4n) is 3.27. The number of pyridine rings is 1. The molecule has 0 aliphatic carbocycles. The highest BCUT2D eigenvalue weighted by Gasteiger charge is 2.26. The van der Waals surface area contributed by atoms with E-state index in [-0.39, 0.29) is 5.70 Å². The molecule has 2 heterocycles. The monoisotopic (exact) mass is 435 g/mol. The summed E-state index contributed by atoms with van der Waals surface area (Å²) >= 11 is 0. The molecule has 8 nitrogen and oxygen atoms in total. The van der Waals surface area contributed by atoms with Gasteiger partial charge in [-0.15, -0.1) is 0 Å². The van der Waals surface area contributed by atoms with Crippen LogP contribution >= 0.6 is 0 Å². The second-order valence-corrected chi connectivity index (χ2v) is 8.07. The Morgan fingerprint density at radius 3 is 2.34 bits per heavy atom. The molecule has 1 amide bonds. The van der Waals surface area contributed by atoms with Gasteiger partial charge in [0, 0.05) is 35.8 Å². The topological polar surface area (TPSA) is 99.5 Å². The summed E-state index contributed by atoms with van der Waals surface area (Å²) in [4.78, 5) is 41.7. The first-order valence-corrected chi connectivity index (χ1v) is 9.96. The van der Waals surface area contributed by atoms with Gasteiger partial charge in [-0.05, 0) is 32.4 Å². The molecule has 2 aromatic heterocycles. The zero-order valence-electron chi connectivity index (χ0n) is 18.6. The molecule has 0 aliphatic heterocycles. The Bertz CT molecular complexity index is 1200. The molecule has 1 aromatic carbocycles. The van der Waals surface area contributed by atoms with Crippen LogP contribution in [0.25, 0.3) is 16.5 Å². The van der Waals surface area contributed by atoms with Crippen molar-refractivity contribution in [3.05, 3.63) is 71.8 Å². The lowest BCUT2D eigenvalue weighted by molar-refractivity contribution is -0.137. The number of rotatable bonds is 4. The number of aromatic nitrogens is 2. The number of nitrogens with zero attached hydrogens (tertiary/aromatic N) is 2. The van der Waals surface area contributed by atoms with Gasteiger partial charge >= 0.3 is 12.1 Å². The van der Waals surface area contributed by atoms with E-state index < -0.39 is 23.6 Å². The van der Waals surface area contributed by atoms with E-state index in [1.54, 1.807) is 57.6 Å². The van der Waals surface area contributed by atoms with E-state index in [0.29, 0.717) is 27.6 Å². The maximum atomic E-state index is 12.9. The minimum atomic E-state index is -0.716. The number of amides is 1. The summed E-state index contributed by atoms with van der Waals surface area (Å²) in [6.07, 6.45) is 4.12. The minimum Gasteiger partial charge on any atom is -0.464 e. The first-order chi connectivity index (χ1) is 15.1. The molecule has 3 aromatic rings. The number of nitrogens with one attached hydrogen (secondary N) is 1. The van der Waals surface area contributed by atoms with Gasteiger partial charge in [0.2, 0.25) is 5.91 Å². The highest BCUT2D eigenvalue weighted by atomic mass is 16.6. The highest BCUT2D eigenvalue weighted by molar-refractivity contribution is 6.09. The predicted molar refractivity (Wildman–Crippen MR) is 120 cm³/mol. The van der Waals surface area contributed by atoms with Crippen molar-refractivity contribution in [3.8, 4) is 0 Å². The Morgan fingerprint density at radius 2 is 1.75 bits per heavy atom. The van der Waals surface area contributed by atoms with Gasteiger partial charge in [0.15, 0.2) is 0 Å². The highest BCUT2D eigenvalue weighted by Crippen LogP contribution is 2.34. The zero-order valence-corrected chi connectivity index (χ0v) is 18.6. The van der Waals surface area contributed by atoms with Crippen LogP contribution in [0.2, 0.25) is 0 Å². The van der Waals surface area contributed by atoms with Crippen molar-refractivity contribution in [1.82, 2.24) is 14.9 Å². The van der Waals surface area contributed by atoms with E-state index in [2.05, 4.69) is 10.3 Å². The Balaban J connectivity index is 2.37. The summed E-state index contributed by atoms with van der Waals surface area (Å²) in [5.74, 6) is -1.15. The zero-order chi connectivity index (χ0) is 23.5. The molecule has 3 rings (SSSR count). The lowest BCUT2D eigenvalue weighted by Crippen LogP contribution is -2.27. The number of carbonyl (C=O) groups is 3. The number of hydrogen-bond donors (Lipinski definition) is 1. The third kappa shape index (κ3) is 4.85. The molecule has 1 N–H and O–H groups in total. The van der Waals surface area contributed by atoms with Crippen LogP contribution in [-0.4, -0.2) is 40.2 Å². The molecule has 0 fully saturated rings. The molecule has 8 heteroatoms. The fraction of sp³-hybridized carbons (Fsp3) is 0.250. The third-order valence-electron chi connectivity index (χ3n) is 4.47. The molecule has 0 saturated heterocycles. The average Bonchev–Trinajstić information content (AvgIpc) is 3.12. The molecular formula is C24H25N3O5. The Labute approximate surface area is 185 Å². The van der Waals surface area contributed by atoms with Crippen LogP contribution in [0.5, 0.6) is 0 Å². The van der Waals surface area contributed by atoms with Crippen LogP contribution in [-0.2, 0) is 19.1 Å². The summed E-state index contributed by atoms with van der Waals surface area (Å²) in [7, 11) is 1.24. The summed E-state index contributed by atoms with van der Waals surface area (Å²) in [6.45, 7) is 6.63. The number of benzene rings is 1. The molecule has 0 bridgehead atoms. The second-order valence-electron chi connectivity index (χ2n) is 8.07. The Kier molecular flexibility index (Phi) is 6.43. The van der Waals surface area contributed by atoms with Gasteiger partial charge in [-0.2, -0.15) is 0 Å². The van der Waals surface area contributed by atoms with E-state index in [1.807, 2.05) is 18.2 Å². The molecule has 0 radical (unpaired) electrons. The number of ether oxygens (including phenoxy) is 2. The van der Waals surface area contributed by atoms with Crippen LogP contribution in [0.3, 0.4) is 0 Å². The molecule has 166 valence electrons. The molecule has 32 heavy (non-hydrogen) atoms. The van der Waals surface area contributed by atoms with Gasteiger partial charge in [0.1, 0.15) is 11.3 Å². The lowest BCUT2D eigenvalue weighted by Gasteiger charge is -2.19. The van der Waals surface area contributed by atoms with E-state index in [0.717, 1.165) is 0 Å². The normalized spacial score (nSPS) is 12.2. The summed E-state index contributed by atoms with van der Waals surface area (Å²) in [6, 6.07) is 10.8. The Morgan fingerprint density at radius 1 is 1.06 bits per heavy atom. The first kappa shape index (κ1) is 22.7. The van der Waals surface area contributed by atoms with Crippen LogP contribution in [0.15, 0.2) is 60.7 Å². The van der Waals surface area contributed by atoms with Crippen LogP contribution in [0.4, 0.5) is 4.79 Å². The van der Waals surface area contributed by atoms with Gasteiger partial charge in [0.05, 0.1) is 18.8 Å². The van der Waals surface area contributed by atoms with E-state index in [9.17, 15) is 14.4 Å². The molecule has 0 spiro atoms. The van der Waals surface area contributed by atoms with Crippen molar-refractivity contribution >= 4 is 34.4 Å². The van der Waals surface area contributed by atoms with Gasteiger partial charge in [-0.1, -0.05) is 30.3 Å². The lowest BCUT2D eigenvalue weighted by atomic mass is 9.95. The fourth-order valence-corrected chi connectivity index (χ4v) is 3.27. The molecule has 0 unspecified atom stereocenters. The molecular weight excluding hydrogens is 410 g/mol. The number of hydrogen-bond acceptors (Lipinski definition) is 6. The van der Waals surface area contributed by atoms with Crippen molar-refractivity contribution in [1.29, 1.82) is 0 Å². The van der Waals surface area contributed by atoms with Crippen LogP contribution in [0, 0.1) is 0 Å². The van der Waals surface area contributed by atoms with Crippen molar-refractivity contribution in [2.45, 2.75) is 33.3 Å². The molecule has 0 saturated carbocycles. The number of carbonyl (C=O) groups excluding carboxylic acids is 3. The van der Waals surface area contributed by atoms with E-state index >= 15 is 0 Å². The van der Waals surface area contributed by atoms with Crippen molar-refractivity contribution < 1.29 is 23.9 Å². The van der Waals surface area contributed by atoms with Crippen molar-refractivity contribution in [3.63, 3.8) is 0 Å². The van der Waals surface area contributed by atoms with E-state index in [1.165, 1.54) is 18.6 Å². The number of fused-ring (bicyclic) bond motifs is 1. The maximum absolute atomic E-state index is 12.9. The SMILES string of the molecule is COC(=O)/C(NC(C)=O)=C(\c1ccccc1)c1cn(C(=O)OC(C)(C)C)c2cnccc12. The van der Waals surface area contributed by atoms with Crippen LogP contribution in [0.1, 0.15) is 38.8 Å². The van der Waals surface area contributed by atoms with Crippen molar-refractivity contribution in [2.75, 3.05) is 7.11 Å². The Hall–Kier alpha value is -3.94. The number of esters is 1. The standard InChI is InChI=1S/C24H25N3O5/c1-15(28)26-21(22(29)31-5)20(16-9-7-6-8-10-16)18-14-27(23(30)32-24(2,3)4)19-13-25-12-11-17(18)19/h6-14H,1-5H3,(H,26,28)/b21-20-. The van der Waals surface area contributed by atoms with Gasteiger partial charge in [-0.3, -0.25) is 14.3 Å². The average molecular weight is 435 g/mol. The van der Waals surface area contributed by atoms with E-state index in [4.69, 9.17) is 9.47 Å². The third-order valence-corrected chi connectivity index (χ3v) is 4.47.